The van der Waals surface area contributed by atoms with Gasteiger partial charge in [0.1, 0.15) is 18.1 Å². The molecule has 2 aliphatic rings. The van der Waals surface area contributed by atoms with Gasteiger partial charge in [-0.3, -0.25) is 9.69 Å². The van der Waals surface area contributed by atoms with Crippen LogP contribution in [-0.4, -0.2) is 29.5 Å². The lowest BCUT2D eigenvalue weighted by Gasteiger charge is -2.28. The number of urea groups is 1. The molecule has 25 heavy (non-hydrogen) atoms. The van der Waals surface area contributed by atoms with E-state index >= 15 is 0 Å². The SMILES string of the molecule is C=CCOc1ccc(Br)cc1/C=C1\NC(=O)N(C2CCCCC2)C1=O. The van der Waals surface area contributed by atoms with Gasteiger partial charge in [-0.15, -0.1) is 0 Å². The van der Waals surface area contributed by atoms with Gasteiger partial charge in [0.05, 0.1) is 0 Å². The Morgan fingerprint density at radius 3 is 2.76 bits per heavy atom. The van der Waals surface area contributed by atoms with Crippen molar-refractivity contribution in [3.63, 3.8) is 0 Å². The van der Waals surface area contributed by atoms with Crippen molar-refractivity contribution in [2.45, 2.75) is 38.1 Å². The number of hydrogen-bond acceptors (Lipinski definition) is 3. The predicted octanol–water partition coefficient (Wildman–Crippen LogP) is 4.24. The molecule has 1 saturated heterocycles. The second-order valence-corrected chi connectivity index (χ2v) is 7.15. The van der Waals surface area contributed by atoms with Crippen molar-refractivity contribution in [2.24, 2.45) is 0 Å². The minimum Gasteiger partial charge on any atom is -0.489 e. The normalized spacial score (nSPS) is 20.0. The van der Waals surface area contributed by atoms with E-state index in [1.807, 2.05) is 18.2 Å². The van der Waals surface area contributed by atoms with Crippen LogP contribution >= 0.6 is 15.9 Å². The summed E-state index contributed by atoms with van der Waals surface area (Å²) >= 11 is 3.43. The first-order chi connectivity index (χ1) is 12.1. The van der Waals surface area contributed by atoms with Gasteiger partial charge in [-0.2, -0.15) is 0 Å². The number of carbonyl (C=O) groups is 2. The van der Waals surface area contributed by atoms with Crippen LogP contribution in [0.1, 0.15) is 37.7 Å². The summed E-state index contributed by atoms with van der Waals surface area (Å²) in [4.78, 5) is 26.4. The molecule has 1 aromatic rings. The third-order valence-corrected chi connectivity index (χ3v) is 4.97. The number of nitrogens with zero attached hydrogens (tertiary/aromatic N) is 1. The lowest BCUT2D eigenvalue weighted by Crippen LogP contribution is -2.41. The molecular weight excluding hydrogens is 384 g/mol. The predicted molar refractivity (Wildman–Crippen MR) is 100 cm³/mol. The van der Waals surface area contributed by atoms with Crippen molar-refractivity contribution in [2.75, 3.05) is 6.61 Å². The fourth-order valence-corrected chi connectivity index (χ4v) is 3.67. The van der Waals surface area contributed by atoms with Crippen LogP contribution in [-0.2, 0) is 4.79 Å². The summed E-state index contributed by atoms with van der Waals surface area (Å²) in [5.74, 6) is 0.375. The van der Waals surface area contributed by atoms with Gasteiger partial charge in [0.25, 0.3) is 5.91 Å². The van der Waals surface area contributed by atoms with Crippen LogP contribution in [0.2, 0.25) is 0 Å². The van der Waals surface area contributed by atoms with E-state index in [4.69, 9.17) is 4.74 Å². The zero-order valence-corrected chi connectivity index (χ0v) is 15.5. The molecule has 5 nitrogen and oxygen atoms in total. The van der Waals surface area contributed by atoms with Crippen LogP contribution in [0.25, 0.3) is 6.08 Å². The first kappa shape index (κ1) is 17.7. The van der Waals surface area contributed by atoms with Gasteiger partial charge in [0.2, 0.25) is 0 Å². The fourth-order valence-electron chi connectivity index (χ4n) is 3.29. The van der Waals surface area contributed by atoms with Crippen molar-refractivity contribution < 1.29 is 14.3 Å². The standard InChI is InChI=1S/C19H21BrN2O3/c1-2-10-25-17-9-8-14(20)11-13(17)12-16-18(23)22(19(24)21-16)15-6-4-3-5-7-15/h2,8-9,11-12,15H,1,3-7,10H2,(H,21,24)/b16-12-. The Morgan fingerprint density at radius 2 is 2.04 bits per heavy atom. The van der Waals surface area contributed by atoms with Crippen molar-refractivity contribution in [3.8, 4) is 5.75 Å². The molecule has 1 aromatic carbocycles. The minimum atomic E-state index is -0.327. The summed E-state index contributed by atoms with van der Waals surface area (Å²) in [7, 11) is 0. The second kappa shape index (κ2) is 7.87. The van der Waals surface area contributed by atoms with E-state index < -0.39 is 0 Å². The van der Waals surface area contributed by atoms with E-state index in [-0.39, 0.29) is 23.7 Å². The second-order valence-electron chi connectivity index (χ2n) is 6.24. The third-order valence-electron chi connectivity index (χ3n) is 4.48. The third kappa shape index (κ3) is 3.95. The maximum Gasteiger partial charge on any atom is 0.329 e. The van der Waals surface area contributed by atoms with E-state index in [9.17, 15) is 9.59 Å². The summed E-state index contributed by atoms with van der Waals surface area (Å²) in [6, 6.07) is 5.22. The number of ether oxygens (including phenoxy) is 1. The van der Waals surface area contributed by atoms with Crippen LogP contribution in [0.4, 0.5) is 4.79 Å². The fraction of sp³-hybridized carbons (Fsp3) is 0.368. The molecule has 1 heterocycles. The number of amides is 3. The molecule has 0 radical (unpaired) electrons. The highest BCUT2D eigenvalue weighted by Gasteiger charge is 2.39. The highest BCUT2D eigenvalue weighted by atomic mass is 79.9. The number of benzene rings is 1. The van der Waals surface area contributed by atoms with Crippen LogP contribution < -0.4 is 10.1 Å². The van der Waals surface area contributed by atoms with Gasteiger partial charge < -0.3 is 10.1 Å². The van der Waals surface area contributed by atoms with E-state index in [0.717, 1.165) is 35.7 Å². The molecule has 2 fully saturated rings. The molecule has 1 N–H and O–H groups in total. The smallest absolute Gasteiger partial charge is 0.329 e. The molecule has 3 rings (SSSR count). The minimum absolute atomic E-state index is 0.00569. The number of nitrogens with one attached hydrogen (secondary N) is 1. The lowest BCUT2D eigenvalue weighted by atomic mass is 9.94. The molecular formula is C19H21BrN2O3. The Hall–Kier alpha value is -2.08. The molecule has 1 aliphatic carbocycles. The van der Waals surface area contributed by atoms with E-state index in [2.05, 4.69) is 27.8 Å². The number of halogens is 1. The van der Waals surface area contributed by atoms with Gasteiger partial charge in [-0.1, -0.05) is 47.8 Å². The van der Waals surface area contributed by atoms with Gasteiger partial charge >= 0.3 is 6.03 Å². The molecule has 132 valence electrons. The highest BCUT2D eigenvalue weighted by Crippen LogP contribution is 2.29. The Morgan fingerprint density at radius 1 is 1.28 bits per heavy atom. The average molecular weight is 405 g/mol. The molecule has 1 saturated carbocycles. The van der Waals surface area contributed by atoms with Gasteiger partial charge in [-0.05, 0) is 37.1 Å². The first-order valence-corrected chi connectivity index (χ1v) is 9.29. The van der Waals surface area contributed by atoms with Crippen LogP contribution in [0.3, 0.4) is 0 Å². The summed E-state index contributed by atoms with van der Waals surface area (Å²) in [5, 5.41) is 2.71. The van der Waals surface area contributed by atoms with Crippen molar-refractivity contribution in [1.82, 2.24) is 10.2 Å². The summed E-state index contributed by atoms with van der Waals surface area (Å²) < 4.78 is 6.50. The molecule has 6 heteroatoms. The highest BCUT2D eigenvalue weighted by molar-refractivity contribution is 9.10. The number of hydrogen-bond donors (Lipinski definition) is 1. The topological polar surface area (TPSA) is 58.6 Å². The number of carbonyl (C=O) groups excluding carboxylic acids is 2. The van der Waals surface area contributed by atoms with Crippen LogP contribution in [0.5, 0.6) is 5.75 Å². The van der Waals surface area contributed by atoms with E-state index in [1.165, 1.54) is 11.3 Å². The van der Waals surface area contributed by atoms with Gasteiger partial charge in [-0.25, -0.2) is 4.79 Å². The zero-order valence-electron chi connectivity index (χ0n) is 14.0. The molecule has 0 bridgehead atoms. The van der Waals surface area contributed by atoms with Crippen molar-refractivity contribution >= 4 is 33.9 Å². The van der Waals surface area contributed by atoms with Gasteiger partial charge in [0.15, 0.2) is 0 Å². The average Bonchev–Trinajstić information content (AvgIpc) is 2.88. The molecule has 1 aliphatic heterocycles. The van der Waals surface area contributed by atoms with Crippen molar-refractivity contribution in [3.05, 3.63) is 46.6 Å². The zero-order chi connectivity index (χ0) is 17.8. The largest absolute Gasteiger partial charge is 0.489 e. The number of rotatable bonds is 5. The maximum atomic E-state index is 12.7. The quantitative estimate of drug-likeness (QED) is 0.453. The molecule has 0 atom stereocenters. The Kier molecular flexibility index (Phi) is 5.58. The van der Waals surface area contributed by atoms with Gasteiger partial charge in [0, 0.05) is 16.1 Å². The Labute approximate surface area is 155 Å². The van der Waals surface area contributed by atoms with E-state index in [0.29, 0.717) is 12.4 Å². The molecule has 0 spiro atoms. The summed E-state index contributed by atoms with van der Waals surface area (Å²) in [5.41, 5.74) is 1.02. The number of imide groups is 1. The Balaban J connectivity index is 1.86. The molecule has 0 aromatic heterocycles. The maximum absolute atomic E-state index is 12.7. The monoisotopic (exact) mass is 404 g/mol. The Bertz CT molecular complexity index is 723. The molecule has 3 amide bonds. The van der Waals surface area contributed by atoms with Crippen LogP contribution in [0, 0.1) is 0 Å². The summed E-state index contributed by atoms with van der Waals surface area (Å²) in [6.45, 7) is 4.01. The summed E-state index contributed by atoms with van der Waals surface area (Å²) in [6.07, 6.45) is 8.40. The van der Waals surface area contributed by atoms with Crippen LogP contribution in [0.15, 0.2) is 41.0 Å². The molecule has 0 unspecified atom stereocenters. The first-order valence-electron chi connectivity index (χ1n) is 8.49. The van der Waals surface area contributed by atoms with Crippen molar-refractivity contribution in [1.29, 1.82) is 0 Å². The lowest BCUT2D eigenvalue weighted by molar-refractivity contribution is -0.124. The van der Waals surface area contributed by atoms with E-state index in [1.54, 1.807) is 12.2 Å².